The summed E-state index contributed by atoms with van der Waals surface area (Å²) in [6.07, 6.45) is 22.4. The smallest absolute Gasteiger partial charge is 0.123 e. The molecule has 52 heavy (non-hydrogen) atoms. The fourth-order valence-electron chi connectivity index (χ4n) is 6.50. The maximum Gasteiger partial charge on any atom is 0.123 e. The molecule has 4 rings (SSSR count). The van der Waals surface area contributed by atoms with Crippen molar-refractivity contribution in [3.63, 3.8) is 0 Å². The zero-order valence-electron chi connectivity index (χ0n) is 35.7. The molecule has 0 amide bonds. The molecule has 0 spiro atoms. The van der Waals surface area contributed by atoms with E-state index in [2.05, 4.69) is 97.9 Å². The van der Waals surface area contributed by atoms with Gasteiger partial charge in [-0.25, -0.2) is 0 Å². The Labute approximate surface area is 320 Å². The summed E-state index contributed by atoms with van der Waals surface area (Å²) in [5, 5.41) is 11.1. The van der Waals surface area contributed by atoms with Gasteiger partial charge in [-0.1, -0.05) is 130 Å². The van der Waals surface area contributed by atoms with E-state index < -0.39 is 0 Å². The van der Waals surface area contributed by atoms with Crippen molar-refractivity contribution in [2.45, 2.75) is 165 Å². The number of ether oxygens (including phenoxy) is 1. The fourth-order valence-corrected chi connectivity index (χ4v) is 6.50. The highest BCUT2D eigenvalue weighted by Crippen LogP contribution is 2.40. The average molecular weight is 723 g/mol. The molecule has 0 aromatic heterocycles. The molecule has 0 saturated heterocycles. The Balaban J connectivity index is 0.00000232. The third kappa shape index (κ3) is 16.4. The van der Waals surface area contributed by atoms with Crippen molar-refractivity contribution in [2.24, 2.45) is 23.3 Å². The lowest BCUT2D eigenvalue weighted by molar-refractivity contribution is 0.133. The summed E-state index contributed by atoms with van der Waals surface area (Å²) in [7, 11) is 2.26. The van der Waals surface area contributed by atoms with Crippen molar-refractivity contribution >= 4 is 18.2 Å². The van der Waals surface area contributed by atoms with Gasteiger partial charge in [-0.2, -0.15) is 0 Å². The summed E-state index contributed by atoms with van der Waals surface area (Å²) < 4.78 is 15.4. The largest absolute Gasteiger partial charge is 0.507 e. The van der Waals surface area contributed by atoms with Crippen LogP contribution in [0.2, 0.25) is 0 Å². The maximum atomic E-state index is 11.1. The first-order valence-corrected chi connectivity index (χ1v) is 20.3. The van der Waals surface area contributed by atoms with E-state index in [0.717, 1.165) is 65.7 Å². The number of hydrogen-bond acceptors (Lipinski definition) is 4. The predicted molar refractivity (Wildman–Crippen MR) is 230 cm³/mol. The first kappa shape index (κ1) is 49.1. The second-order valence-electron chi connectivity index (χ2n) is 14.7. The van der Waals surface area contributed by atoms with E-state index in [1.807, 2.05) is 26.8 Å². The molecule has 2 aromatic carbocycles. The van der Waals surface area contributed by atoms with Crippen LogP contribution in [-0.2, 0) is 12.8 Å². The van der Waals surface area contributed by atoms with Gasteiger partial charge < -0.3 is 21.3 Å². The van der Waals surface area contributed by atoms with Gasteiger partial charge in [-0.3, -0.25) is 4.39 Å². The Morgan fingerprint density at radius 2 is 1.48 bits per heavy atom. The van der Waals surface area contributed by atoms with Gasteiger partial charge in [-0.05, 0) is 123 Å². The van der Waals surface area contributed by atoms with Crippen LogP contribution in [0.1, 0.15) is 167 Å². The van der Waals surface area contributed by atoms with Crippen molar-refractivity contribution in [1.29, 1.82) is 0 Å². The lowest BCUT2D eigenvalue weighted by Gasteiger charge is -2.45. The van der Waals surface area contributed by atoms with E-state index in [1.54, 1.807) is 7.11 Å². The maximum absolute atomic E-state index is 11.1. The molecule has 0 bridgehead atoms. The Kier molecular flexibility index (Phi) is 25.3. The first-order valence-electron chi connectivity index (χ1n) is 20.3. The number of methoxy groups -OCH3 is 1. The molecule has 2 aromatic rings. The number of phenols is 1. The number of hydrogen-bond donors (Lipinski definition) is 3. The minimum absolute atomic E-state index is 0.0360. The second kappa shape index (κ2) is 26.8. The Morgan fingerprint density at radius 1 is 0.942 bits per heavy atom. The van der Waals surface area contributed by atoms with Crippen LogP contribution in [0.25, 0.3) is 18.2 Å². The van der Waals surface area contributed by atoms with Crippen LogP contribution in [0.5, 0.6) is 11.5 Å². The van der Waals surface area contributed by atoms with Gasteiger partial charge in [0.05, 0.1) is 14.3 Å². The van der Waals surface area contributed by atoms with Gasteiger partial charge in [0.1, 0.15) is 11.5 Å². The Hall–Kier alpha value is -2.89. The molecule has 2 saturated carbocycles. The number of aryl methyl sites for hydroxylation is 1. The quantitative estimate of drug-likeness (QED) is 0.150. The van der Waals surface area contributed by atoms with Crippen LogP contribution < -0.4 is 16.2 Å². The van der Waals surface area contributed by atoms with E-state index in [4.69, 9.17) is 16.2 Å². The molecule has 2 aliphatic rings. The molecular weight excluding hydrogens is 644 g/mol. The van der Waals surface area contributed by atoms with Gasteiger partial charge >= 0.3 is 0 Å². The van der Waals surface area contributed by atoms with Crippen molar-refractivity contribution in [1.82, 2.24) is 0 Å². The molecule has 0 radical (unpaired) electrons. The summed E-state index contributed by atoms with van der Waals surface area (Å²) in [5.41, 5.74) is 22.3. The van der Waals surface area contributed by atoms with Crippen LogP contribution in [-0.4, -0.2) is 31.0 Å². The van der Waals surface area contributed by atoms with Crippen molar-refractivity contribution in [3.05, 3.63) is 74.9 Å². The topological polar surface area (TPSA) is 81.5 Å². The fraction of sp³-hybridized carbons (Fsp3) is 0.617. The molecule has 3 atom stereocenters. The predicted octanol–water partition coefficient (Wildman–Crippen LogP) is 13.2. The lowest BCUT2D eigenvalue weighted by atomic mass is 9.65. The van der Waals surface area contributed by atoms with Crippen LogP contribution >= 0.6 is 0 Å². The zero-order chi connectivity index (χ0) is 39.9. The summed E-state index contributed by atoms with van der Waals surface area (Å²) in [4.78, 5) is 0. The zero-order valence-corrected chi connectivity index (χ0v) is 35.7. The van der Waals surface area contributed by atoms with Crippen LogP contribution in [0.4, 0.5) is 4.39 Å². The minimum atomic E-state index is -0.217. The number of benzene rings is 2. The molecule has 5 heteroatoms. The van der Waals surface area contributed by atoms with Crippen LogP contribution in [0.15, 0.2) is 41.5 Å². The Morgan fingerprint density at radius 3 is 1.92 bits per heavy atom. The monoisotopic (exact) mass is 723 g/mol. The van der Waals surface area contributed by atoms with Crippen molar-refractivity contribution in [2.75, 3.05) is 14.3 Å². The van der Waals surface area contributed by atoms with E-state index >= 15 is 0 Å². The molecule has 5 N–H and O–H groups in total. The number of allylic oxidation sites excluding steroid dienone is 2. The number of nitrogens with two attached hydrogens (primary N) is 2. The van der Waals surface area contributed by atoms with Gasteiger partial charge in [0, 0.05) is 17.1 Å². The van der Waals surface area contributed by atoms with Gasteiger partial charge in [0.15, 0.2) is 0 Å². The minimum Gasteiger partial charge on any atom is -0.507 e. The van der Waals surface area contributed by atoms with E-state index in [1.165, 1.54) is 61.6 Å². The average Bonchev–Trinajstić information content (AvgIpc) is 4.02. The van der Waals surface area contributed by atoms with Crippen LogP contribution in [0, 0.1) is 18.8 Å². The van der Waals surface area contributed by atoms with Crippen molar-refractivity contribution in [3.8, 4) is 11.5 Å². The summed E-state index contributed by atoms with van der Waals surface area (Å²) in [6, 6.07) is 8.37. The molecular formula is C47H79FN2O2. The summed E-state index contributed by atoms with van der Waals surface area (Å²) >= 11 is 0. The highest BCUT2D eigenvalue weighted by atomic mass is 19.1. The molecule has 296 valence electrons. The lowest BCUT2D eigenvalue weighted by Crippen LogP contribution is -2.55. The second-order valence-corrected chi connectivity index (χ2v) is 14.7. The molecule has 0 heterocycles. The van der Waals surface area contributed by atoms with Gasteiger partial charge in [0.2, 0.25) is 0 Å². The number of phenolic OH excluding ortho intramolecular Hbond substituents is 1. The summed E-state index contributed by atoms with van der Waals surface area (Å²) in [5.74, 6) is 2.17. The summed E-state index contributed by atoms with van der Waals surface area (Å²) in [6.45, 7) is 23.5. The highest BCUT2D eigenvalue weighted by Gasteiger charge is 2.40. The highest BCUT2D eigenvalue weighted by molar-refractivity contribution is 5.75. The van der Waals surface area contributed by atoms with Gasteiger partial charge in [0.25, 0.3) is 0 Å². The number of halogens is 1. The third-order valence-electron chi connectivity index (χ3n) is 9.85. The third-order valence-corrected chi connectivity index (χ3v) is 9.85. The van der Waals surface area contributed by atoms with E-state index in [9.17, 15) is 9.50 Å². The van der Waals surface area contributed by atoms with E-state index in [0.29, 0.717) is 19.0 Å². The van der Waals surface area contributed by atoms with Crippen molar-refractivity contribution < 1.29 is 14.2 Å². The van der Waals surface area contributed by atoms with Crippen LogP contribution in [0.3, 0.4) is 0 Å². The molecule has 2 aliphatic carbocycles. The Bertz CT molecular complexity index is 1330. The molecule has 4 nitrogen and oxygen atoms in total. The number of alkyl halides is 1. The number of rotatable bonds is 12. The normalized spacial score (nSPS) is 19.7. The SMILES string of the molecule is C1CC1.CC.CCC.CCCc1c(CC2(N)C(C)CCCC2C)cc(/C=C/c2cc(C)c(/C=C(/CC=C(C)C)C(N)CC)c(O)c2)cc1OC.CF. The standard InChI is InChI=1S/C38H56N2O2.C3H6.C3H8.C2H6.CH3F/c1-9-12-33-32(24-38(40)27(6)13-11-14-28(38)7)20-30(22-37(33)42-8)17-16-29-19-26(5)34(36(41)21-29)23-31(35(39)10-2)18-15-25(3)4;1-2-3-1;1-3-2;2*1-2/h15-17,19-23,27-28,35,41H,9-14,18,24,39-40H2,1-8H3;1-3H2;3H2,1-2H3;1-2H3;1H3/b17-16+,31-23-;;;;. The van der Waals surface area contributed by atoms with Gasteiger partial charge in [-0.15, -0.1) is 0 Å². The van der Waals surface area contributed by atoms with E-state index in [-0.39, 0.29) is 17.3 Å². The first-order chi connectivity index (χ1) is 24.8. The molecule has 0 aliphatic heterocycles. The molecule has 2 fully saturated rings. The number of aromatic hydroxyl groups is 1. The molecule has 3 unspecified atom stereocenters.